The van der Waals surface area contributed by atoms with Crippen LogP contribution in [-0.4, -0.2) is 5.11 Å². The highest BCUT2D eigenvalue weighted by Crippen LogP contribution is 2.31. The van der Waals surface area contributed by atoms with Crippen molar-refractivity contribution in [2.24, 2.45) is 0 Å². The Bertz CT molecular complexity index is 488. The third-order valence-electron chi connectivity index (χ3n) is 2.77. The lowest BCUT2D eigenvalue weighted by Crippen LogP contribution is -2.22. The van der Waals surface area contributed by atoms with E-state index in [1.807, 2.05) is 48.5 Å². The van der Waals surface area contributed by atoms with Crippen LogP contribution < -0.4 is 0 Å². The van der Waals surface area contributed by atoms with Gasteiger partial charge < -0.3 is 5.11 Å². The van der Waals surface area contributed by atoms with Crippen molar-refractivity contribution in [2.75, 3.05) is 0 Å². The van der Waals surface area contributed by atoms with Crippen molar-refractivity contribution in [2.45, 2.75) is 12.5 Å². The third-order valence-corrected chi connectivity index (χ3v) is 3.76. The van der Waals surface area contributed by atoms with Gasteiger partial charge in [-0.2, -0.15) is 0 Å². The van der Waals surface area contributed by atoms with Gasteiger partial charge in [0.05, 0.1) is 0 Å². The maximum atomic E-state index is 10.7. The van der Waals surface area contributed by atoms with E-state index in [9.17, 15) is 5.11 Å². The Morgan fingerprint density at radius 2 is 1.29 bits per heavy atom. The molecule has 0 aliphatic carbocycles. The van der Waals surface area contributed by atoms with Gasteiger partial charge in [-0.05, 0) is 42.3 Å². The maximum Gasteiger partial charge on any atom is 0.112 e. The molecule has 0 saturated carbocycles. The number of rotatable bonds is 2. The summed E-state index contributed by atoms with van der Waals surface area (Å²) >= 11 is 6.84. The zero-order chi connectivity index (χ0) is 12.5. The Hall–Kier alpha value is -0.640. The molecule has 0 heterocycles. The molecule has 2 aromatic carbocycles. The van der Waals surface area contributed by atoms with E-state index in [2.05, 4.69) is 31.9 Å². The first-order valence-corrected chi connectivity index (χ1v) is 6.83. The second-order valence-corrected chi connectivity index (χ2v) is 5.92. The molecule has 3 heteroatoms. The highest BCUT2D eigenvalue weighted by Gasteiger charge is 2.25. The standard InChI is InChI=1S/C14H12Br2O/c1-14(17,10-4-2-6-12(15)8-10)11-5-3-7-13(16)9-11/h2-9,17H,1H3. The SMILES string of the molecule is CC(O)(c1cccc(Br)c1)c1cccc(Br)c1. The second kappa shape index (κ2) is 4.92. The molecule has 0 saturated heterocycles. The van der Waals surface area contributed by atoms with Gasteiger partial charge in [-0.3, -0.25) is 0 Å². The van der Waals surface area contributed by atoms with Gasteiger partial charge in [0.25, 0.3) is 0 Å². The van der Waals surface area contributed by atoms with Crippen molar-refractivity contribution in [1.82, 2.24) is 0 Å². The summed E-state index contributed by atoms with van der Waals surface area (Å²) in [6.45, 7) is 1.80. The van der Waals surface area contributed by atoms with E-state index < -0.39 is 5.60 Å². The lowest BCUT2D eigenvalue weighted by atomic mass is 9.88. The highest BCUT2D eigenvalue weighted by molar-refractivity contribution is 9.10. The zero-order valence-corrected chi connectivity index (χ0v) is 12.5. The molecule has 1 nitrogen and oxygen atoms in total. The molecule has 0 amide bonds. The smallest absolute Gasteiger partial charge is 0.112 e. The van der Waals surface area contributed by atoms with Crippen molar-refractivity contribution in [1.29, 1.82) is 0 Å². The number of halogens is 2. The first kappa shape index (κ1) is 12.8. The number of hydrogen-bond donors (Lipinski definition) is 1. The lowest BCUT2D eigenvalue weighted by molar-refractivity contribution is 0.102. The van der Waals surface area contributed by atoms with Crippen molar-refractivity contribution < 1.29 is 5.11 Å². The maximum absolute atomic E-state index is 10.7. The summed E-state index contributed by atoms with van der Waals surface area (Å²) in [7, 11) is 0. The van der Waals surface area contributed by atoms with Crippen LogP contribution in [0.25, 0.3) is 0 Å². The summed E-state index contributed by atoms with van der Waals surface area (Å²) in [6.07, 6.45) is 0. The minimum Gasteiger partial charge on any atom is -0.381 e. The quantitative estimate of drug-likeness (QED) is 0.842. The summed E-state index contributed by atoms with van der Waals surface area (Å²) in [5.74, 6) is 0. The predicted octanol–water partition coefficient (Wildman–Crippen LogP) is 4.47. The highest BCUT2D eigenvalue weighted by atomic mass is 79.9. The van der Waals surface area contributed by atoms with E-state index in [1.54, 1.807) is 6.92 Å². The van der Waals surface area contributed by atoms with Crippen LogP contribution in [0.1, 0.15) is 18.1 Å². The minimum atomic E-state index is -0.992. The fourth-order valence-corrected chi connectivity index (χ4v) is 2.55. The van der Waals surface area contributed by atoms with Gasteiger partial charge >= 0.3 is 0 Å². The molecular formula is C14H12Br2O. The van der Waals surface area contributed by atoms with Crippen LogP contribution in [0.4, 0.5) is 0 Å². The molecule has 0 aliphatic heterocycles. The van der Waals surface area contributed by atoms with E-state index in [1.165, 1.54) is 0 Å². The van der Waals surface area contributed by atoms with Gasteiger partial charge in [0, 0.05) is 8.95 Å². The molecule has 88 valence electrons. The lowest BCUT2D eigenvalue weighted by Gasteiger charge is -2.25. The Labute approximate surface area is 118 Å². The summed E-state index contributed by atoms with van der Waals surface area (Å²) < 4.78 is 1.93. The number of benzene rings is 2. The van der Waals surface area contributed by atoms with Crippen LogP contribution in [0.2, 0.25) is 0 Å². The number of aliphatic hydroxyl groups is 1. The summed E-state index contributed by atoms with van der Waals surface area (Å²) in [4.78, 5) is 0. The van der Waals surface area contributed by atoms with Gasteiger partial charge in [-0.1, -0.05) is 56.1 Å². The molecule has 0 atom stereocenters. The van der Waals surface area contributed by atoms with Gasteiger partial charge in [0.15, 0.2) is 0 Å². The van der Waals surface area contributed by atoms with Crippen molar-refractivity contribution in [3.05, 3.63) is 68.6 Å². The van der Waals surface area contributed by atoms with Crippen molar-refractivity contribution in [3.8, 4) is 0 Å². The van der Waals surface area contributed by atoms with Crippen LogP contribution in [0.15, 0.2) is 57.5 Å². The largest absolute Gasteiger partial charge is 0.381 e. The van der Waals surface area contributed by atoms with E-state index in [0.717, 1.165) is 20.1 Å². The van der Waals surface area contributed by atoms with E-state index >= 15 is 0 Å². The molecule has 0 bridgehead atoms. The summed E-state index contributed by atoms with van der Waals surface area (Å²) in [6, 6.07) is 15.4. The molecule has 0 spiro atoms. The minimum absolute atomic E-state index is 0.866. The molecule has 0 aromatic heterocycles. The summed E-state index contributed by atoms with van der Waals surface area (Å²) in [5, 5.41) is 10.7. The first-order chi connectivity index (χ1) is 8.00. The average Bonchev–Trinajstić information content (AvgIpc) is 2.29. The molecule has 1 N–H and O–H groups in total. The van der Waals surface area contributed by atoms with Crippen LogP contribution in [0.5, 0.6) is 0 Å². The van der Waals surface area contributed by atoms with Gasteiger partial charge in [-0.15, -0.1) is 0 Å². The predicted molar refractivity (Wildman–Crippen MR) is 77.0 cm³/mol. The molecule has 0 aliphatic rings. The van der Waals surface area contributed by atoms with Crippen LogP contribution in [0, 0.1) is 0 Å². The van der Waals surface area contributed by atoms with Crippen LogP contribution in [0.3, 0.4) is 0 Å². The average molecular weight is 356 g/mol. The molecule has 2 rings (SSSR count). The Kier molecular flexibility index (Phi) is 3.71. The summed E-state index contributed by atoms with van der Waals surface area (Å²) in [5.41, 5.74) is 0.739. The van der Waals surface area contributed by atoms with Gasteiger partial charge in [0.2, 0.25) is 0 Å². The molecule has 0 unspecified atom stereocenters. The molecule has 0 radical (unpaired) electrons. The first-order valence-electron chi connectivity index (χ1n) is 5.24. The Balaban J connectivity index is 2.49. The topological polar surface area (TPSA) is 20.2 Å². The molecule has 0 fully saturated rings. The zero-order valence-electron chi connectivity index (χ0n) is 9.32. The van der Waals surface area contributed by atoms with E-state index in [0.29, 0.717) is 0 Å². The van der Waals surface area contributed by atoms with E-state index in [4.69, 9.17) is 0 Å². The Morgan fingerprint density at radius 3 is 1.65 bits per heavy atom. The van der Waals surface area contributed by atoms with Crippen LogP contribution in [-0.2, 0) is 5.60 Å². The second-order valence-electron chi connectivity index (χ2n) is 4.09. The van der Waals surface area contributed by atoms with Crippen molar-refractivity contribution in [3.63, 3.8) is 0 Å². The molecular weight excluding hydrogens is 344 g/mol. The Morgan fingerprint density at radius 1 is 0.882 bits per heavy atom. The molecule has 2 aromatic rings. The van der Waals surface area contributed by atoms with Crippen molar-refractivity contribution >= 4 is 31.9 Å². The van der Waals surface area contributed by atoms with Gasteiger partial charge in [0.1, 0.15) is 5.60 Å². The van der Waals surface area contributed by atoms with Gasteiger partial charge in [-0.25, -0.2) is 0 Å². The third kappa shape index (κ3) is 2.79. The molecule has 17 heavy (non-hydrogen) atoms. The van der Waals surface area contributed by atoms with E-state index in [-0.39, 0.29) is 0 Å². The normalized spacial score (nSPS) is 11.5. The monoisotopic (exact) mass is 354 g/mol. The fourth-order valence-electron chi connectivity index (χ4n) is 1.75. The fraction of sp³-hybridized carbons (Fsp3) is 0.143. The van der Waals surface area contributed by atoms with Crippen LogP contribution >= 0.6 is 31.9 Å². The number of hydrogen-bond acceptors (Lipinski definition) is 1.